The molecule has 58 heavy (non-hydrogen) atoms. The van der Waals surface area contributed by atoms with Gasteiger partial charge < -0.3 is 19.1 Å². The molecule has 2 aromatic heterocycles. The molecule has 0 spiro atoms. The first-order chi connectivity index (χ1) is 28.4. The van der Waals surface area contributed by atoms with E-state index in [0.29, 0.717) is 5.71 Å². The van der Waals surface area contributed by atoms with E-state index in [4.69, 9.17) is 14.2 Å². The lowest BCUT2D eigenvalue weighted by molar-refractivity contribution is 0.656. The molecule has 0 saturated heterocycles. The number of fused-ring (bicyclic) bond motifs is 6. The predicted octanol–water partition coefficient (Wildman–Crippen LogP) is 15.4. The first kappa shape index (κ1) is 37.5. The minimum Gasteiger partial charge on any atom is -0.456 e. The van der Waals surface area contributed by atoms with Crippen LogP contribution in [0.1, 0.15) is 25.0 Å². The third kappa shape index (κ3) is 7.82. The fourth-order valence-corrected chi connectivity index (χ4v) is 7.39. The smallest absolute Gasteiger partial charge is 0.139 e. The molecule has 0 amide bonds. The van der Waals surface area contributed by atoms with Gasteiger partial charge >= 0.3 is 0 Å². The van der Waals surface area contributed by atoms with Gasteiger partial charge in [-0.1, -0.05) is 134 Å². The minimum absolute atomic E-state index is 0.445. The highest BCUT2D eigenvalue weighted by molar-refractivity contribution is 6.17. The number of para-hydroxylation sites is 1. The van der Waals surface area contributed by atoms with Crippen LogP contribution in [0.5, 0.6) is 0 Å². The summed E-state index contributed by atoms with van der Waals surface area (Å²) in [6, 6.07) is 54.3. The molecule has 4 heteroatoms. The van der Waals surface area contributed by atoms with E-state index in [-0.39, 0.29) is 0 Å². The Kier molecular flexibility index (Phi) is 10.8. The van der Waals surface area contributed by atoms with Crippen molar-refractivity contribution in [1.82, 2.24) is 0 Å². The zero-order valence-corrected chi connectivity index (χ0v) is 32.9. The molecule has 4 nitrogen and oxygen atoms in total. The third-order valence-electron chi connectivity index (χ3n) is 10.3. The molecule has 0 aliphatic heterocycles. The number of hydrogen-bond donors (Lipinski definition) is 1. The number of benzene rings is 7. The molecular weight excluding hydrogens is 709 g/mol. The monoisotopic (exact) mass is 752 g/mol. The summed E-state index contributed by atoms with van der Waals surface area (Å²) in [5.74, 6) is 0. The van der Waals surface area contributed by atoms with E-state index in [0.717, 1.165) is 83.1 Å². The molecule has 0 saturated carbocycles. The van der Waals surface area contributed by atoms with Crippen LogP contribution < -0.4 is 4.90 Å². The van der Waals surface area contributed by atoms with Crippen molar-refractivity contribution in [2.45, 2.75) is 13.8 Å². The van der Waals surface area contributed by atoms with Gasteiger partial charge in [0.25, 0.3) is 0 Å². The minimum atomic E-state index is 0.445. The second-order valence-corrected chi connectivity index (χ2v) is 14.3. The lowest BCUT2D eigenvalue weighted by Crippen LogP contribution is -2.10. The Bertz CT molecular complexity index is 3000. The molecule has 2 heterocycles. The summed E-state index contributed by atoms with van der Waals surface area (Å²) >= 11 is 0. The van der Waals surface area contributed by atoms with Crippen molar-refractivity contribution in [3.63, 3.8) is 0 Å². The lowest BCUT2D eigenvalue weighted by atomic mass is 9.95. The number of furan rings is 2. The number of hydrogen-bond acceptors (Lipinski definition) is 4. The van der Waals surface area contributed by atoms with E-state index < -0.39 is 0 Å². The van der Waals surface area contributed by atoms with E-state index >= 15 is 0 Å². The van der Waals surface area contributed by atoms with Crippen LogP contribution in [-0.4, -0.2) is 12.8 Å². The first-order valence-corrected chi connectivity index (χ1v) is 19.5. The van der Waals surface area contributed by atoms with E-state index in [1.54, 1.807) is 6.08 Å². The zero-order chi connectivity index (χ0) is 40.0. The predicted molar refractivity (Wildman–Crippen MR) is 247 cm³/mol. The molecule has 7 aromatic carbocycles. The van der Waals surface area contributed by atoms with Gasteiger partial charge in [0.15, 0.2) is 0 Å². The van der Waals surface area contributed by atoms with E-state index in [9.17, 15) is 0 Å². The Morgan fingerprint density at radius 3 is 1.84 bits per heavy atom. The summed E-state index contributed by atoms with van der Waals surface area (Å²) in [5, 5.41) is 12.8. The summed E-state index contributed by atoms with van der Waals surface area (Å²) < 4.78 is 12.6. The maximum Gasteiger partial charge on any atom is 0.139 e. The molecular formula is C54H44N2O2. The Hall–Kier alpha value is -7.43. The summed E-state index contributed by atoms with van der Waals surface area (Å²) in [5.41, 5.74) is 13.6. The summed E-state index contributed by atoms with van der Waals surface area (Å²) in [6.45, 7) is 7.62. The van der Waals surface area contributed by atoms with Crippen LogP contribution in [0.2, 0.25) is 0 Å². The van der Waals surface area contributed by atoms with Gasteiger partial charge in [0, 0.05) is 57.2 Å². The highest BCUT2D eigenvalue weighted by atomic mass is 16.3. The normalized spacial score (nSPS) is 11.8. The van der Waals surface area contributed by atoms with Gasteiger partial charge in [-0.15, -0.1) is 0 Å². The first-order valence-electron chi connectivity index (χ1n) is 19.5. The standard InChI is InChI=1S/C46H32N2O2.C8H12/c1-48(35-15-9-4-10-16-35)42-22-18-32(25-36(42)31-13-7-3-8-14-31)33-19-23-43-37(26-33)39-28-40-38-27-34(41(47)21-17-30-11-5-2-6-12-30)20-24-44(38)50-46(40)29-45(39)49-43;1-4-6-8(3)7-5-2/h2-29,47H,1H3;4-7H,1H2,2-3H3/b21-17+,47-41?;7-5-,8-6-. The molecule has 1 N–H and O–H groups in total. The van der Waals surface area contributed by atoms with Crippen LogP contribution >= 0.6 is 0 Å². The summed E-state index contributed by atoms with van der Waals surface area (Å²) in [6.07, 6.45) is 11.6. The Labute approximate surface area is 339 Å². The van der Waals surface area contributed by atoms with Crippen molar-refractivity contribution < 1.29 is 8.83 Å². The van der Waals surface area contributed by atoms with Gasteiger partial charge in [-0.05, 0) is 103 Å². The third-order valence-corrected chi connectivity index (χ3v) is 10.3. The van der Waals surface area contributed by atoms with Gasteiger partial charge in [-0.25, -0.2) is 0 Å². The van der Waals surface area contributed by atoms with Crippen molar-refractivity contribution >= 4 is 67.0 Å². The Morgan fingerprint density at radius 1 is 0.586 bits per heavy atom. The number of allylic oxidation sites excluding steroid dienone is 6. The Morgan fingerprint density at radius 2 is 1.17 bits per heavy atom. The number of rotatable bonds is 9. The molecule has 0 bridgehead atoms. The summed E-state index contributed by atoms with van der Waals surface area (Å²) in [7, 11) is 2.12. The zero-order valence-electron chi connectivity index (χ0n) is 32.9. The highest BCUT2D eigenvalue weighted by Crippen LogP contribution is 2.41. The molecule has 0 unspecified atom stereocenters. The molecule has 0 aliphatic carbocycles. The lowest BCUT2D eigenvalue weighted by Gasteiger charge is -2.23. The molecule has 0 aliphatic rings. The highest BCUT2D eigenvalue weighted by Gasteiger charge is 2.17. The molecule has 0 radical (unpaired) electrons. The molecule has 0 fully saturated rings. The van der Waals surface area contributed by atoms with Gasteiger partial charge in [-0.3, -0.25) is 0 Å². The van der Waals surface area contributed by atoms with Gasteiger partial charge in [0.05, 0.1) is 5.71 Å². The van der Waals surface area contributed by atoms with Gasteiger partial charge in [0.2, 0.25) is 0 Å². The molecule has 282 valence electrons. The Balaban J connectivity index is 0.000000534. The van der Waals surface area contributed by atoms with Crippen LogP contribution in [0.15, 0.2) is 209 Å². The molecule has 9 aromatic rings. The molecule has 9 rings (SSSR count). The molecule has 0 atom stereocenters. The van der Waals surface area contributed by atoms with Gasteiger partial charge in [-0.2, -0.15) is 0 Å². The van der Waals surface area contributed by atoms with Crippen molar-refractivity contribution in [2.24, 2.45) is 0 Å². The average Bonchev–Trinajstić information content (AvgIpc) is 3.82. The summed E-state index contributed by atoms with van der Waals surface area (Å²) in [4.78, 5) is 2.24. The van der Waals surface area contributed by atoms with E-state index in [2.05, 4.69) is 122 Å². The van der Waals surface area contributed by atoms with Crippen LogP contribution in [0.4, 0.5) is 11.4 Å². The second kappa shape index (κ2) is 16.7. The van der Waals surface area contributed by atoms with Crippen LogP contribution in [0.25, 0.3) is 72.2 Å². The quantitative estimate of drug-likeness (QED) is 0.118. The second-order valence-electron chi connectivity index (χ2n) is 14.3. The maximum absolute atomic E-state index is 8.75. The van der Waals surface area contributed by atoms with Crippen molar-refractivity contribution in [2.75, 3.05) is 11.9 Å². The van der Waals surface area contributed by atoms with Crippen molar-refractivity contribution in [3.8, 4) is 22.3 Å². The fourth-order valence-electron chi connectivity index (χ4n) is 7.39. The van der Waals surface area contributed by atoms with E-state index in [1.807, 2.05) is 98.8 Å². The largest absolute Gasteiger partial charge is 0.456 e. The maximum atomic E-state index is 8.75. The number of nitrogens with zero attached hydrogens (tertiary/aromatic N) is 1. The fraction of sp³-hybridized carbons (Fsp3) is 0.0556. The van der Waals surface area contributed by atoms with Crippen LogP contribution in [0, 0.1) is 5.41 Å². The van der Waals surface area contributed by atoms with Crippen LogP contribution in [0.3, 0.4) is 0 Å². The average molecular weight is 753 g/mol. The number of nitrogens with one attached hydrogen (secondary N) is 1. The van der Waals surface area contributed by atoms with Crippen LogP contribution in [-0.2, 0) is 0 Å². The van der Waals surface area contributed by atoms with Crippen molar-refractivity contribution in [1.29, 1.82) is 5.41 Å². The SMILES string of the molecule is C=C/C=C(C)\C=C/C.CN(c1ccccc1)c1ccc(-c2ccc3oc4cc5oc6ccc(C(=N)/C=C/c7ccccc7)cc6c5cc4c3c2)cc1-c1ccccc1. The van der Waals surface area contributed by atoms with Crippen molar-refractivity contribution in [3.05, 3.63) is 211 Å². The van der Waals surface area contributed by atoms with E-state index in [1.165, 1.54) is 11.1 Å². The topological polar surface area (TPSA) is 53.4 Å². The van der Waals surface area contributed by atoms with Gasteiger partial charge in [0.1, 0.15) is 22.3 Å². The number of anilines is 2.